The monoisotopic (exact) mass is 593 g/mol. The second-order valence-corrected chi connectivity index (χ2v) is 14.5. The first-order valence-corrected chi connectivity index (χ1v) is 17.7. The zero-order valence-corrected chi connectivity index (χ0v) is 27.6. The van der Waals surface area contributed by atoms with Crippen LogP contribution in [0.25, 0.3) is 49.9 Å². The fraction of sp³-hybridized carbons (Fsp3) is 0.405. The third kappa shape index (κ3) is 4.82. The minimum atomic E-state index is 0.402. The van der Waals surface area contributed by atoms with Gasteiger partial charge in [-0.15, -0.1) is 0 Å². The van der Waals surface area contributed by atoms with Gasteiger partial charge in [0.1, 0.15) is 5.82 Å². The Labute approximate surface area is 268 Å². The summed E-state index contributed by atoms with van der Waals surface area (Å²) in [5.74, 6) is 2.63. The number of rotatable bonds is 6. The molecule has 45 heavy (non-hydrogen) atoms. The summed E-state index contributed by atoms with van der Waals surface area (Å²) in [6.07, 6.45) is 11.9. The fourth-order valence-corrected chi connectivity index (χ4v) is 8.62. The van der Waals surface area contributed by atoms with E-state index in [4.69, 9.17) is 4.98 Å². The van der Waals surface area contributed by atoms with Crippen LogP contribution in [0.15, 0.2) is 72.8 Å². The Morgan fingerprint density at radius 1 is 0.711 bits per heavy atom. The SMILES string of the molecule is CC(C)c1cccc(C(C)C)c1-n1c(-c2ccc3c(c2)c2c4c(ccc2n3CC2CCCCC2)CCCC4)nc2ccccc21. The van der Waals surface area contributed by atoms with Gasteiger partial charge in [0.15, 0.2) is 0 Å². The van der Waals surface area contributed by atoms with E-state index in [0.717, 1.165) is 23.8 Å². The van der Waals surface area contributed by atoms with Gasteiger partial charge in [-0.05, 0) is 115 Å². The van der Waals surface area contributed by atoms with Crippen LogP contribution in [0.4, 0.5) is 0 Å². The molecular formula is C42H47N3. The zero-order valence-electron chi connectivity index (χ0n) is 27.6. The first-order valence-electron chi connectivity index (χ1n) is 17.7. The van der Waals surface area contributed by atoms with Gasteiger partial charge in [0, 0.05) is 33.9 Å². The Morgan fingerprint density at radius 3 is 2.22 bits per heavy atom. The van der Waals surface area contributed by atoms with Crippen LogP contribution in [-0.2, 0) is 19.4 Å². The molecule has 0 atom stereocenters. The van der Waals surface area contributed by atoms with E-state index in [2.05, 4.69) is 110 Å². The van der Waals surface area contributed by atoms with Crippen LogP contribution in [0.1, 0.15) is 107 Å². The summed E-state index contributed by atoms with van der Waals surface area (Å²) in [6, 6.07) is 27.7. The lowest BCUT2D eigenvalue weighted by Gasteiger charge is -2.23. The lowest BCUT2D eigenvalue weighted by molar-refractivity contribution is 0.325. The van der Waals surface area contributed by atoms with E-state index in [1.165, 1.54) is 107 Å². The van der Waals surface area contributed by atoms with Crippen LogP contribution in [0, 0.1) is 5.92 Å². The number of imidazole rings is 1. The third-order valence-corrected chi connectivity index (χ3v) is 10.9. The largest absolute Gasteiger partial charge is 0.340 e. The molecule has 3 nitrogen and oxygen atoms in total. The van der Waals surface area contributed by atoms with Crippen molar-refractivity contribution in [2.75, 3.05) is 0 Å². The number of aryl methyl sites for hydroxylation is 2. The molecule has 0 aliphatic heterocycles. The van der Waals surface area contributed by atoms with E-state index in [0.29, 0.717) is 11.8 Å². The number of para-hydroxylation sites is 3. The maximum absolute atomic E-state index is 5.39. The molecule has 2 aromatic heterocycles. The third-order valence-electron chi connectivity index (χ3n) is 10.9. The Morgan fingerprint density at radius 2 is 1.44 bits per heavy atom. The molecule has 230 valence electrons. The van der Waals surface area contributed by atoms with Crippen molar-refractivity contribution in [2.24, 2.45) is 5.92 Å². The minimum absolute atomic E-state index is 0.402. The number of benzene rings is 4. The van der Waals surface area contributed by atoms with Gasteiger partial charge in [-0.2, -0.15) is 0 Å². The summed E-state index contributed by atoms with van der Waals surface area (Å²) < 4.78 is 5.17. The van der Waals surface area contributed by atoms with Crippen molar-refractivity contribution >= 4 is 32.8 Å². The summed E-state index contributed by atoms with van der Waals surface area (Å²) in [5.41, 5.74) is 13.5. The number of aromatic nitrogens is 3. The number of hydrogen-bond donors (Lipinski definition) is 0. The molecule has 0 spiro atoms. The molecule has 0 unspecified atom stereocenters. The first-order chi connectivity index (χ1) is 22.0. The highest BCUT2D eigenvalue weighted by atomic mass is 15.1. The summed E-state index contributed by atoms with van der Waals surface area (Å²) in [5, 5.41) is 2.92. The quantitative estimate of drug-likeness (QED) is 0.188. The summed E-state index contributed by atoms with van der Waals surface area (Å²) in [6.45, 7) is 10.4. The Hall–Kier alpha value is -3.85. The van der Waals surface area contributed by atoms with Crippen molar-refractivity contribution in [1.82, 2.24) is 14.1 Å². The average Bonchev–Trinajstić information content (AvgIpc) is 3.60. The summed E-state index contributed by atoms with van der Waals surface area (Å²) in [4.78, 5) is 5.39. The number of nitrogens with zero attached hydrogens (tertiary/aromatic N) is 3. The second-order valence-electron chi connectivity index (χ2n) is 14.5. The van der Waals surface area contributed by atoms with Gasteiger partial charge in [0.25, 0.3) is 0 Å². The van der Waals surface area contributed by atoms with Gasteiger partial charge in [-0.1, -0.05) is 83.4 Å². The van der Waals surface area contributed by atoms with Crippen LogP contribution in [0.5, 0.6) is 0 Å². The van der Waals surface area contributed by atoms with Crippen molar-refractivity contribution in [1.29, 1.82) is 0 Å². The van der Waals surface area contributed by atoms with Crippen molar-refractivity contribution in [3.8, 4) is 17.1 Å². The predicted molar refractivity (Wildman–Crippen MR) is 191 cm³/mol. The summed E-state index contributed by atoms with van der Waals surface area (Å²) >= 11 is 0. The highest BCUT2D eigenvalue weighted by molar-refractivity contribution is 6.11. The van der Waals surface area contributed by atoms with E-state index >= 15 is 0 Å². The molecule has 2 aliphatic rings. The van der Waals surface area contributed by atoms with Crippen molar-refractivity contribution < 1.29 is 0 Å². The molecule has 0 bridgehead atoms. The molecule has 1 fully saturated rings. The molecular weight excluding hydrogens is 546 g/mol. The van der Waals surface area contributed by atoms with E-state index in [-0.39, 0.29) is 0 Å². The van der Waals surface area contributed by atoms with E-state index < -0.39 is 0 Å². The zero-order chi connectivity index (χ0) is 30.7. The Bertz CT molecular complexity index is 2000. The van der Waals surface area contributed by atoms with Crippen LogP contribution in [-0.4, -0.2) is 14.1 Å². The maximum atomic E-state index is 5.39. The Kier molecular flexibility index (Phi) is 7.31. The van der Waals surface area contributed by atoms with Gasteiger partial charge in [0.05, 0.1) is 16.7 Å². The fourth-order valence-electron chi connectivity index (χ4n) is 8.62. The van der Waals surface area contributed by atoms with Crippen LogP contribution >= 0.6 is 0 Å². The standard InChI is InChI=1S/C42H47N3/c1-27(2)32-17-12-18-33(28(3)4)41(32)45-38-20-11-10-19-36(38)43-42(45)31-22-23-37-35(25-31)40-34-16-9-8-15-30(34)21-24-39(40)44(37)26-29-13-6-5-7-14-29/h10-12,17-25,27-29H,5-9,13-16,26H2,1-4H3. The second kappa shape index (κ2) is 11.5. The van der Waals surface area contributed by atoms with E-state index in [1.807, 2.05) is 0 Å². The van der Waals surface area contributed by atoms with E-state index in [9.17, 15) is 0 Å². The molecule has 0 saturated heterocycles. The van der Waals surface area contributed by atoms with Gasteiger partial charge < -0.3 is 4.57 Å². The molecule has 2 aliphatic carbocycles. The number of hydrogen-bond acceptors (Lipinski definition) is 1. The van der Waals surface area contributed by atoms with Gasteiger partial charge in [-0.3, -0.25) is 4.57 Å². The molecule has 1 saturated carbocycles. The molecule has 0 N–H and O–H groups in total. The van der Waals surface area contributed by atoms with Gasteiger partial charge in [-0.25, -0.2) is 4.98 Å². The van der Waals surface area contributed by atoms with Gasteiger partial charge >= 0.3 is 0 Å². The molecule has 0 radical (unpaired) electrons. The molecule has 8 rings (SSSR count). The lowest BCUT2D eigenvalue weighted by atomic mass is 9.88. The average molecular weight is 594 g/mol. The highest BCUT2D eigenvalue weighted by Crippen LogP contribution is 2.42. The summed E-state index contributed by atoms with van der Waals surface area (Å²) in [7, 11) is 0. The molecule has 0 amide bonds. The van der Waals surface area contributed by atoms with Crippen molar-refractivity contribution in [3.05, 3.63) is 95.1 Å². The Balaban J connectivity index is 1.40. The van der Waals surface area contributed by atoms with Crippen LogP contribution in [0.3, 0.4) is 0 Å². The van der Waals surface area contributed by atoms with Crippen LogP contribution < -0.4 is 0 Å². The minimum Gasteiger partial charge on any atom is -0.340 e. The lowest BCUT2D eigenvalue weighted by Crippen LogP contribution is -2.14. The normalized spacial score (nSPS) is 16.0. The topological polar surface area (TPSA) is 22.8 Å². The van der Waals surface area contributed by atoms with Crippen molar-refractivity contribution in [3.63, 3.8) is 0 Å². The van der Waals surface area contributed by atoms with Crippen LogP contribution in [0.2, 0.25) is 0 Å². The van der Waals surface area contributed by atoms with Gasteiger partial charge in [0.2, 0.25) is 0 Å². The molecule has 2 heterocycles. The molecule has 4 aromatic carbocycles. The molecule has 6 aromatic rings. The smallest absolute Gasteiger partial charge is 0.145 e. The highest BCUT2D eigenvalue weighted by Gasteiger charge is 2.25. The maximum Gasteiger partial charge on any atom is 0.145 e. The predicted octanol–water partition coefficient (Wildman–Crippen LogP) is 11.5. The molecule has 3 heteroatoms. The first kappa shape index (κ1) is 28.6. The van der Waals surface area contributed by atoms with E-state index in [1.54, 1.807) is 11.1 Å². The number of fused-ring (bicyclic) bond motifs is 6. The van der Waals surface area contributed by atoms with Crippen molar-refractivity contribution in [2.45, 2.75) is 104 Å².